The maximum Gasteiger partial charge on any atom is 0.547 e. The minimum atomic E-state index is -2.29. The van der Waals surface area contributed by atoms with Crippen LogP contribution in [0.2, 0.25) is 0 Å². The summed E-state index contributed by atoms with van der Waals surface area (Å²) >= 11 is 0. The van der Waals surface area contributed by atoms with Crippen LogP contribution < -0.4 is 9.97 Å². The van der Waals surface area contributed by atoms with Gasteiger partial charge in [0, 0.05) is 6.92 Å². The average Bonchev–Trinajstić information content (AvgIpc) is 2.32. The first-order valence-electron chi connectivity index (χ1n) is 5.80. The van der Waals surface area contributed by atoms with Gasteiger partial charge in [-0.1, -0.05) is 0 Å². The van der Waals surface area contributed by atoms with Crippen LogP contribution in [0.1, 0.15) is 24.3 Å². The SMILES string of the molecule is CC(=O)N[C@H]1Cc2cc(F)c(F)c(C(O)O)c2OB1O. The van der Waals surface area contributed by atoms with Crippen molar-refractivity contribution in [3.63, 3.8) is 0 Å². The standard InChI is InChI=1S/C11H12BF2NO5/c1-4(16)15-7-3-5-2-6(13)9(14)8(11(17)18)10(5)20-12(7)19/h2,7,11,17-19H,3H2,1H3,(H,15,16)/t7-/m0/s1. The summed E-state index contributed by atoms with van der Waals surface area (Å²) in [7, 11) is -1.51. The second kappa shape index (κ2) is 5.35. The van der Waals surface area contributed by atoms with Crippen LogP contribution in [-0.4, -0.2) is 34.2 Å². The first-order chi connectivity index (χ1) is 9.31. The zero-order valence-corrected chi connectivity index (χ0v) is 10.4. The van der Waals surface area contributed by atoms with E-state index in [1.165, 1.54) is 6.92 Å². The maximum absolute atomic E-state index is 13.5. The van der Waals surface area contributed by atoms with E-state index in [2.05, 4.69) is 5.32 Å². The molecule has 0 saturated heterocycles. The summed E-state index contributed by atoms with van der Waals surface area (Å²) < 4.78 is 31.9. The van der Waals surface area contributed by atoms with Gasteiger partial charge < -0.3 is 25.2 Å². The van der Waals surface area contributed by atoms with Crippen molar-refractivity contribution >= 4 is 13.0 Å². The lowest BCUT2D eigenvalue weighted by Crippen LogP contribution is -2.52. The molecule has 0 saturated carbocycles. The zero-order chi connectivity index (χ0) is 15.0. The Kier molecular flexibility index (Phi) is 3.93. The Labute approximate surface area is 113 Å². The van der Waals surface area contributed by atoms with Crippen molar-refractivity contribution in [1.82, 2.24) is 5.32 Å². The third-order valence-electron chi connectivity index (χ3n) is 2.95. The average molecular weight is 287 g/mol. The fourth-order valence-corrected chi connectivity index (χ4v) is 2.13. The molecule has 0 aromatic heterocycles. The lowest BCUT2D eigenvalue weighted by Gasteiger charge is -2.29. The number of amides is 1. The van der Waals surface area contributed by atoms with Gasteiger partial charge in [-0.25, -0.2) is 8.78 Å². The van der Waals surface area contributed by atoms with Gasteiger partial charge in [0.25, 0.3) is 0 Å². The molecule has 2 rings (SSSR count). The van der Waals surface area contributed by atoms with E-state index in [4.69, 9.17) is 14.9 Å². The molecular weight excluding hydrogens is 275 g/mol. The largest absolute Gasteiger partial charge is 0.547 e. The number of benzene rings is 1. The first-order valence-corrected chi connectivity index (χ1v) is 5.80. The number of aliphatic hydroxyl groups excluding tert-OH is 1. The minimum absolute atomic E-state index is 0.0347. The molecule has 4 N–H and O–H groups in total. The van der Waals surface area contributed by atoms with E-state index in [9.17, 15) is 18.6 Å². The van der Waals surface area contributed by atoms with Crippen molar-refractivity contribution in [3.8, 4) is 5.75 Å². The number of carbonyl (C=O) groups is 1. The van der Waals surface area contributed by atoms with Crippen molar-refractivity contribution in [2.24, 2.45) is 0 Å². The van der Waals surface area contributed by atoms with Crippen molar-refractivity contribution in [2.75, 3.05) is 0 Å². The highest BCUT2D eigenvalue weighted by molar-refractivity contribution is 6.46. The monoisotopic (exact) mass is 287 g/mol. The minimum Gasteiger partial charge on any atom is -0.534 e. The van der Waals surface area contributed by atoms with Gasteiger partial charge in [0.15, 0.2) is 17.9 Å². The lowest BCUT2D eigenvalue weighted by atomic mass is 9.72. The smallest absolute Gasteiger partial charge is 0.534 e. The molecular formula is C11H12BF2NO5. The summed E-state index contributed by atoms with van der Waals surface area (Å²) in [6.45, 7) is 1.23. The third kappa shape index (κ3) is 2.60. The van der Waals surface area contributed by atoms with Gasteiger partial charge in [-0.2, -0.15) is 0 Å². The Morgan fingerprint density at radius 3 is 2.75 bits per heavy atom. The Balaban J connectivity index is 2.45. The summed E-state index contributed by atoms with van der Waals surface area (Å²) in [6, 6.07) is 0.831. The second-order valence-electron chi connectivity index (χ2n) is 4.47. The molecule has 1 aliphatic heterocycles. The van der Waals surface area contributed by atoms with Crippen molar-refractivity contribution in [1.29, 1.82) is 0 Å². The summed E-state index contributed by atoms with van der Waals surface area (Å²) in [5, 5.41) is 30.3. The highest BCUT2D eigenvalue weighted by Gasteiger charge is 2.38. The summed E-state index contributed by atoms with van der Waals surface area (Å²) in [4.78, 5) is 11.0. The Morgan fingerprint density at radius 2 is 2.20 bits per heavy atom. The van der Waals surface area contributed by atoms with Gasteiger partial charge in [0.2, 0.25) is 5.91 Å². The van der Waals surface area contributed by atoms with Crippen molar-refractivity contribution < 1.29 is 33.5 Å². The maximum atomic E-state index is 13.5. The van der Waals surface area contributed by atoms with Crippen LogP contribution in [0.15, 0.2) is 6.07 Å². The molecule has 9 heteroatoms. The molecule has 6 nitrogen and oxygen atoms in total. The number of hydrogen-bond donors (Lipinski definition) is 4. The Hall–Kier alpha value is -1.71. The van der Waals surface area contributed by atoms with Crippen LogP contribution in [0.25, 0.3) is 0 Å². The van der Waals surface area contributed by atoms with E-state index in [1.54, 1.807) is 0 Å². The van der Waals surface area contributed by atoms with E-state index in [0.29, 0.717) is 0 Å². The van der Waals surface area contributed by atoms with Gasteiger partial charge in [0.05, 0.1) is 11.5 Å². The van der Waals surface area contributed by atoms with Gasteiger partial charge in [-0.3, -0.25) is 4.79 Å². The molecule has 0 bridgehead atoms. The highest BCUT2D eigenvalue weighted by atomic mass is 19.2. The van der Waals surface area contributed by atoms with Crippen LogP contribution >= 0.6 is 0 Å². The van der Waals surface area contributed by atoms with E-state index < -0.39 is 42.5 Å². The van der Waals surface area contributed by atoms with Crippen LogP contribution in [0.3, 0.4) is 0 Å². The van der Waals surface area contributed by atoms with Gasteiger partial charge in [-0.05, 0) is 18.1 Å². The van der Waals surface area contributed by atoms with Crippen molar-refractivity contribution in [3.05, 3.63) is 28.8 Å². The Bertz CT molecular complexity index is 554. The molecule has 1 atom stereocenters. The fourth-order valence-electron chi connectivity index (χ4n) is 2.13. The lowest BCUT2D eigenvalue weighted by molar-refractivity contribution is -0.119. The quantitative estimate of drug-likeness (QED) is 0.430. The number of nitrogens with one attached hydrogen (secondary N) is 1. The molecule has 1 aliphatic rings. The molecule has 1 heterocycles. The van der Waals surface area contributed by atoms with Crippen LogP contribution in [0, 0.1) is 11.6 Å². The van der Waals surface area contributed by atoms with Gasteiger partial charge >= 0.3 is 7.12 Å². The van der Waals surface area contributed by atoms with E-state index >= 15 is 0 Å². The number of halogens is 2. The topological polar surface area (TPSA) is 99.0 Å². The molecule has 1 aromatic rings. The summed E-state index contributed by atoms with van der Waals surface area (Å²) in [5.41, 5.74) is -0.656. The second-order valence-corrected chi connectivity index (χ2v) is 4.47. The number of aliphatic hydroxyl groups is 2. The predicted molar refractivity (Wildman–Crippen MR) is 63.4 cm³/mol. The van der Waals surface area contributed by atoms with E-state index in [1.807, 2.05) is 0 Å². The molecule has 0 unspecified atom stereocenters. The molecule has 20 heavy (non-hydrogen) atoms. The van der Waals surface area contributed by atoms with Crippen LogP contribution in [0.5, 0.6) is 5.75 Å². The van der Waals surface area contributed by atoms with Gasteiger partial charge in [0.1, 0.15) is 5.75 Å². The van der Waals surface area contributed by atoms with Crippen LogP contribution in [0.4, 0.5) is 8.78 Å². The zero-order valence-electron chi connectivity index (χ0n) is 10.4. The summed E-state index contributed by atoms with van der Waals surface area (Å²) in [6.07, 6.45) is -2.32. The highest BCUT2D eigenvalue weighted by Crippen LogP contribution is 2.36. The number of rotatable bonds is 2. The molecule has 0 fully saturated rings. The molecule has 1 amide bonds. The number of carbonyl (C=O) groups excluding carboxylic acids is 1. The predicted octanol–water partition coefficient (Wildman–Crippen LogP) is -0.593. The molecule has 0 radical (unpaired) electrons. The molecule has 0 spiro atoms. The molecule has 0 aliphatic carbocycles. The van der Waals surface area contributed by atoms with E-state index in [-0.39, 0.29) is 17.7 Å². The third-order valence-corrected chi connectivity index (χ3v) is 2.95. The number of hydrogen-bond acceptors (Lipinski definition) is 5. The molecule has 1 aromatic carbocycles. The van der Waals surface area contributed by atoms with E-state index in [0.717, 1.165) is 6.07 Å². The summed E-state index contributed by atoms with van der Waals surface area (Å²) in [5.74, 6) is -4.31. The fraction of sp³-hybridized carbons (Fsp3) is 0.364. The van der Waals surface area contributed by atoms with Crippen molar-refractivity contribution in [2.45, 2.75) is 25.6 Å². The number of fused-ring (bicyclic) bond motifs is 1. The first kappa shape index (κ1) is 14.7. The molecule has 108 valence electrons. The van der Waals surface area contributed by atoms with Crippen LogP contribution in [-0.2, 0) is 11.2 Å². The Morgan fingerprint density at radius 1 is 1.55 bits per heavy atom. The normalized spacial score (nSPS) is 17.8. The van der Waals surface area contributed by atoms with Gasteiger partial charge in [-0.15, -0.1) is 0 Å².